The van der Waals surface area contributed by atoms with Crippen LogP contribution in [0.1, 0.15) is 19.3 Å². The highest BCUT2D eigenvalue weighted by atomic mass is 16.2. The minimum absolute atomic E-state index is 0.129. The minimum atomic E-state index is -0.683. The smallest absolute Gasteiger partial charge is 0.259 e. The van der Waals surface area contributed by atoms with Gasteiger partial charge in [-0.05, 0) is 6.42 Å². The van der Waals surface area contributed by atoms with Crippen LogP contribution in [-0.2, 0) is 9.59 Å². The van der Waals surface area contributed by atoms with Crippen molar-refractivity contribution in [3.05, 3.63) is 0 Å². The van der Waals surface area contributed by atoms with Crippen molar-refractivity contribution in [2.75, 3.05) is 6.54 Å². The molecule has 0 aromatic rings. The summed E-state index contributed by atoms with van der Waals surface area (Å²) in [6, 6.07) is -0.683. The van der Waals surface area contributed by atoms with E-state index >= 15 is 0 Å². The molecule has 0 bridgehead atoms. The lowest BCUT2D eigenvalue weighted by molar-refractivity contribution is -0.132. The third-order valence-corrected chi connectivity index (χ3v) is 1.96. The van der Waals surface area contributed by atoms with Crippen LogP contribution >= 0.6 is 0 Å². The molecule has 0 fully saturated rings. The molecule has 14 heavy (non-hydrogen) atoms. The predicted molar refractivity (Wildman–Crippen MR) is 51.2 cm³/mol. The van der Waals surface area contributed by atoms with Gasteiger partial charge in [-0.25, -0.2) is 5.01 Å². The summed E-state index contributed by atoms with van der Waals surface area (Å²) in [6.07, 6.45) is 2.83. The van der Waals surface area contributed by atoms with Crippen molar-refractivity contribution in [2.45, 2.75) is 25.3 Å². The van der Waals surface area contributed by atoms with Crippen LogP contribution in [0.2, 0.25) is 0 Å². The third kappa shape index (κ3) is 2.81. The van der Waals surface area contributed by atoms with Crippen molar-refractivity contribution in [1.29, 1.82) is 0 Å². The second-order valence-corrected chi connectivity index (χ2v) is 3.16. The van der Waals surface area contributed by atoms with Crippen molar-refractivity contribution >= 4 is 18.0 Å². The minimum Gasteiger partial charge on any atom is -0.370 e. The summed E-state index contributed by atoms with van der Waals surface area (Å²) < 4.78 is 0. The number of primary amides is 1. The Kier molecular flexibility index (Phi) is 3.58. The Hall–Kier alpha value is -1.43. The molecular weight excluding hydrogens is 184 g/mol. The second-order valence-electron chi connectivity index (χ2n) is 3.16. The lowest BCUT2D eigenvalue weighted by Gasteiger charge is -2.16. The van der Waals surface area contributed by atoms with Gasteiger partial charge in [0.15, 0.2) is 0 Å². The van der Waals surface area contributed by atoms with Crippen LogP contribution in [0, 0.1) is 0 Å². The normalized spacial score (nSPS) is 17.1. The average molecular weight is 198 g/mol. The molecule has 0 aromatic heterocycles. The fourth-order valence-electron chi connectivity index (χ4n) is 1.17. The number of rotatable bonds is 4. The molecule has 4 N–H and O–H groups in total. The molecule has 0 aromatic carbocycles. The summed E-state index contributed by atoms with van der Waals surface area (Å²) in [5, 5.41) is 5.17. The van der Waals surface area contributed by atoms with Crippen LogP contribution in [0.3, 0.4) is 0 Å². The van der Waals surface area contributed by atoms with Crippen LogP contribution in [0.15, 0.2) is 5.10 Å². The number of amides is 2. The van der Waals surface area contributed by atoms with E-state index < -0.39 is 11.9 Å². The highest BCUT2D eigenvalue weighted by Gasteiger charge is 2.22. The van der Waals surface area contributed by atoms with Gasteiger partial charge in [-0.3, -0.25) is 9.59 Å². The maximum absolute atomic E-state index is 11.5. The van der Waals surface area contributed by atoms with E-state index in [4.69, 9.17) is 11.5 Å². The van der Waals surface area contributed by atoms with Gasteiger partial charge < -0.3 is 11.5 Å². The zero-order valence-corrected chi connectivity index (χ0v) is 7.85. The van der Waals surface area contributed by atoms with E-state index in [-0.39, 0.29) is 18.7 Å². The van der Waals surface area contributed by atoms with Gasteiger partial charge in [-0.15, -0.1) is 0 Å². The lowest BCUT2D eigenvalue weighted by atomic mass is 10.1. The SMILES string of the molecule is NC(=O)CC[C@H](N)C(=O)N1CCC=N1. The molecular formula is C8H14N4O2. The van der Waals surface area contributed by atoms with Gasteiger partial charge in [0, 0.05) is 25.6 Å². The van der Waals surface area contributed by atoms with E-state index in [1.54, 1.807) is 6.21 Å². The zero-order chi connectivity index (χ0) is 10.6. The van der Waals surface area contributed by atoms with Crippen molar-refractivity contribution in [3.8, 4) is 0 Å². The van der Waals surface area contributed by atoms with E-state index in [2.05, 4.69) is 5.10 Å². The van der Waals surface area contributed by atoms with E-state index in [0.29, 0.717) is 6.54 Å². The number of carbonyl (C=O) groups is 2. The first-order valence-corrected chi connectivity index (χ1v) is 4.49. The Morgan fingerprint density at radius 3 is 2.79 bits per heavy atom. The monoisotopic (exact) mass is 198 g/mol. The van der Waals surface area contributed by atoms with Crippen LogP contribution < -0.4 is 11.5 Å². The van der Waals surface area contributed by atoms with Crippen molar-refractivity contribution < 1.29 is 9.59 Å². The van der Waals surface area contributed by atoms with E-state index in [0.717, 1.165) is 6.42 Å². The van der Waals surface area contributed by atoms with Crippen molar-refractivity contribution in [1.82, 2.24) is 5.01 Å². The zero-order valence-electron chi connectivity index (χ0n) is 7.85. The molecule has 6 heteroatoms. The third-order valence-electron chi connectivity index (χ3n) is 1.96. The van der Waals surface area contributed by atoms with Gasteiger partial charge in [0.25, 0.3) is 5.91 Å². The standard InChI is InChI=1S/C8H14N4O2/c9-6(2-3-7(10)13)8(14)12-5-1-4-11-12/h4,6H,1-3,5,9H2,(H2,10,13)/t6-/m0/s1. The molecule has 2 amide bonds. The fraction of sp³-hybridized carbons (Fsp3) is 0.625. The van der Waals surface area contributed by atoms with Crippen LogP contribution in [-0.4, -0.2) is 35.6 Å². The number of nitrogens with zero attached hydrogens (tertiary/aromatic N) is 2. The molecule has 1 rings (SSSR count). The molecule has 78 valence electrons. The molecule has 0 saturated heterocycles. The molecule has 1 aliphatic rings. The Bertz CT molecular complexity index is 264. The highest BCUT2D eigenvalue weighted by Crippen LogP contribution is 2.05. The molecule has 0 spiro atoms. The van der Waals surface area contributed by atoms with Gasteiger partial charge in [-0.1, -0.05) is 0 Å². The summed E-state index contributed by atoms with van der Waals surface area (Å²) in [4.78, 5) is 22.0. The summed E-state index contributed by atoms with van der Waals surface area (Å²) in [6.45, 7) is 0.573. The first-order valence-electron chi connectivity index (χ1n) is 4.49. The van der Waals surface area contributed by atoms with Gasteiger partial charge in [0.05, 0.1) is 6.04 Å². The van der Waals surface area contributed by atoms with Crippen molar-refractivity contribution in [3.63, 3.8) is 0 Å². The van der Waals surface area contributed by atoms with E-state index in [1.807, 2.05) is 0 Å². The predicted octanol–water partition coefficient (Wildman–Crippen LogP) is -1.20. The number of hydrazone groups is 1. The molecule has 0 radical (unpaired) electrons. The van der Waals surface area contributed by atoms with Gasteiger partial charge in [-0.2, -0.15) is 5.10 Å². The van der Waals surface area contributed by atoms with Gasteiger partial charge in [0.1, 0.15) is 0 Å². The Labute approximate surface area is 81.9 Å². The summed E-state index contributed by atoms with van der Waals surface area (Å²) >= 11 is 0. The Morgan fingerprint density at radius 2 is 2.29 bits per heavy atom. The number of carbonyl (C=O) groups excluding carboxylic acids is 2. The van der Waals surface area contributed by atoms with Crippen LogP contribution in [0.4, 0.5) is 0 Å². The Balaban J connectivity index is 2.35. The second kappa shape index (κ2) is 4.71. The quantitative estimate of drug-likeness (QED) is 0.593. The van der Waals surface area contributed by atoms with Gasteiger partial charge >= 0.3 is 0 Å². The molecule has 6 nitrogen and oxygen atoms in total. The number of nitrogens with two attached hydrogens (primary N) is 2. The lowest BCUT2D eigenvalue weighted by Crippen LogP contribution is -2.40. The first kappa shape index (κ1) is 10.6. The summed E-state index contributed by atoms with van der Waals surface area (Å²) in [5.74, 6) is -0.696. The molecule has 0 aliphatic carbocycles. The molecule has 0 unspecified atom stereocenters. The van der Waals surface area contributed by atoms with Crippen LogP contribution in [0.25, 0.3) is 0 Å². The largest absolute Gasteiger partial charge is 0.370 e. The topological polar surface area (TPSA) is 102 Å². The first-order chi connectivity index (χ1) is 6.61. The van der Waals surface area contributed by atoms with Gasteiger partial charge in [0.2, 0.25) is 5.91 Å². The maximum atomic E-state index is 11.5. The van der Waals surface area contributed by atoms with E-state index in [1.165, 1.54) is 5.01 Å². The molecule has 1 atom stereocenters. The Morgan fingerprint density at radius 1 is 1.57 bits per heavy atom. The molecule has 1 heterocycles. The number of hydrogen-bond donors (Lipinski definition) is 2. The van der Waals surface area contributed by atoms with Crippen molar-refractivity contribution in [2.24, 2.45) is 16.6 Å². The summed E-state index contributed by atoms with van der Waals surface area (Å²) in [7, 11) is 0. The summed E-state index contributed by atoms with van der Waals surface area (Å²) in [5.41, 5.74) is 10.5. The maximum Gasteiger partial charge on any atom is 0.259 e. The fourth-order valence-corrected chi connectivity index (χ4v) is 1.17. The average Bonchev–Trinajstić information content (AvgIpc) is 2.65. The highest BCUT2D eigenvalue weighted by molar-refractivity contribution is 5.84. The van der Waals surface area contributed by atoms with Crippen LogP contribution in [0.5, 0.6) is 0 Å². The molecule has 1 aliphatic heterocycles. The number of hydrogen-bond acceptors (Lipinski definition) is 4. The van der Waals surface area contributed by atoms with E-state index in [9.17, 15) is 9.59 Å². The molecule has 0 saturated carbocycles.